The SMILES string of the molecule is CC1=C(c2ccc(C(F)(F)F)cc2)N=NC1=O. The summed E-state index contributed by atoms with van der Waals surface area (Å²) in [6, 6.07) is 4.46. The third-order valence-corrected chi connectivity index (χ3v) is 2.40. The molecule has 1 aliphatic heterocycles. The molecule has 6 heteroatoms. The van der Waals surface area contributed by atoms with Gasteiger partial charge in [-0.25, -0.2) is 0 Å². The van der Waals surface area contributed by atoms with Crippen LogP contribution in [0.4, 0.5) is 13.2 Å². The molecule has 0 unspecified atom stereocenters. The van der Waals surface area contributed by atoms with E-state index in [4.69, 9.17) is 0 Å². The second-order valence-corrected chi connectivity index (χ2v) is 3.55. The Morgan fingerprint density at radius 3 is 2.06 bits per heavy atom. The van der Waals surface area contributed by atoms with Gasteiger partial charge in [0.15, 0.2) is 0 Å². The highest BCUT2D eigenvalue weighted by Crippen LogP contribution is 2.32. The van der Waals surface area contributed by atoms with Gasteiger partial charge in [0, 0.05) is 11.1 Å². The Labute approximate surface area is 94.7 Å². The van der Waals surface area contributed by atoms with Gasteiger partial charge in [0.2, 0.25) is 0 Å². The highest BCUT2D eigenvalue weighted by atomic mass is 19.4. The predicted molar refractivity (Wildman–Crippen MR) is 53.9 cm³/mol. The summed E-state index contributed by atoms with van der Waals surface area (Å²) in [7, 11) is 0. The van der Waals surface area contributed by atoms with Crippen molar-refractivity contribution in [2.24, 2.45) is 10.2 Å². The average molecular weight is 240 g/mol. The molecule has 1 amide bonds. The highest BCUT2D eigenvalue weighted by molar-refractivity contribution is 6.03. The molecular formula is C11H7F3N2O. The van der Waals surface area contributed by atoms with E-state index in [1.807, 2.05) is 0 Å². The minimum absolute atomic E-state index is 0.323. The minimum atomic E-state index is -4.37. The molecule has 2 rings (SSSR count). The van der Waals surface area contributed by atoms with Gasteiger partial charge >= 0.3 is 6.18 Å². The van der Waals surface area contributed by atoms with Gasteiger partial charge in [-0.1, -0.05) is 12.1 Å². The molecule has 0 spiro atoms. The highest BCUT2D eigenvalue weighted by Gasteiger charge is 2.30. The fraction of sp³-hybridized carbons (Fsp3) is 0.182. The van der Waals surface area contributed by atoms with Crippen molar-refractivity contribution in [3.05, 3.63) is 41.0 Å². The van der Waals surface area contributed by atoms with Gasteiger partial charge < -0.3 is 0 Å². The zero-order valence-corrected chi connectivity index (χ0v) is 8.75. The number of rotatable bonds is 1. The summed E-state index contributed by atoms with van der Waals surface area (Å²) < 4.78 is 37.0. The first kappa shape index (κ1) is 11.5. The first-order valence-corrected chi connectivity index (χ1v) is 4.74. The summed E-state index contributed by atoms with van der Waals surface area (Å²) in [5.74, 6) is -0.458. The van der Waals surface area contributed by atoms with E-state index in [1.54, 1.807) is 0 Å². The Balaban J connectivity index is 2.38. The van der Waals surface area contributed by atoms with Crippen LogP contribution in [-0.2, 0) is 11.0 Å². The number of amides is 1. The number of azo groups is 1. The monoisotopic (exact) mass is 240 g/mol. The van der Waals surface area contributed by atoms with Crippen LogP contribution in [-0.4, -0.2) is 5.91 Å². The maximum atomic E-state index is 12.3. The smallest absolute Gasteiger partial charge is 0.265 e. The average Bonchev–Trinajstić information content (AvgIpc) is 2.59. The van der Waals surface area contributed by atoms with E-state index in [-0.39, 0.29) is 0 Å². The molecule has 0 N–H and O–H groups in total. The van der Waals surface area contributed by atoms with Crippen LogP contribution in [0.1, 0.15) is 18.1 Å². The molecule has 0 bridgehead atoms. The van der Waals surface area contributed by atoms with Crippen molar-refractivity contribution in [1.29, 1.82) is 0 Å². The number of carbonyl (C=O) groups excluding carboxylic acids is 1. The van der Waals surface area contributed by atoms with E-state index in [0.717, 1.165) is 12.1 Å². The van der Waals surface area contributed by atoms with Gasteiger partial charge in [0.25, 0.3) is 5.91 Å². The summed E-state index contributed by atoms with van der Waals surface area (Å²) >= 11 is 0. The van der Waals surface area contributed by atoms with Gasteiger partial charge in [-0.2, -0.15) is 13.2 Å². The fourth-order valence-electron chi connectivity index (χ4n) is 1.44. The topological polar surface area (TPSA) is 41.8 Å². The molecule has 0 atom stereocenters. The van der Waals surface area contributed by atoms with Crippen LogP contribution in [0.3, 0.4) is 0 Å². The Hall–Kier alpha value is -1.98. The molecule has 1 aromatic carbocycles. The summed E-state index contributed by atoms with van der Waals surface area (Å²) in [6.45, 7) is 1.54. The van der Waals surface area contributed by atoms with Crippen LogP contribution >= 0.6 is 0 Å². The quantitative estimate of drug-likeness (QED) is 0.741. The molecule has 0 aromatic heterocycles. The van der Waals surface area contributed by atoms with Gasteiger partial charge in [0.1, 0.15) is 5.70 Å². The lowest BCUT2D eigenvalue weighted by Crippen LogP contribution is -2.04. The number of alkyl halides is 3. The third-order valence-electron chi connectivity index (χ3n) is 2.40. The molecule has 1 aromatic rings. The Morgan fingerprint density at radius 2 is 1.65 bits per heavy atom. The standard InChI is InChI=1S/C11H7F3N2O/c1-6-9(15-16-10(6)17)7-2-4-8(5-3-7)11(12,13)14/h2-5H,1H3. The van der Waals surface area contributed by atoms with Gasteiger partial charge in [0.05, 0.1) is 5.56 Å². The molecule has 0 aliphatic carbocycles. The Morgan fingerprint density at radius 1 is 1.06 bits per heavy atom. The van der Waals surface area contributed by atoms with Crippen LogP contribution in [0.5, 0.6) is 0 Å². The number of hydrogen-bond acceptors (Lipinski definition) is 2. The lowest BCUT2D eigenvalue weighted by molar-refractivity contribution is -0.137. The Kier molecular flexibility index (Phi) is 2.57. The van der Waals surface area contributed by atoms with Crippen molar-refractivity contribution in [1.82, 2.24) is 0 Å². The first-order chi connectivity index (χ1) is 7.89. The van der Waals surface area contributed by atoms with Gasteiger partial charge in [-0.05, 0) is 19.1 Å². The molecule has 1 aliphatic rings. The minimum Gasteiger partial charge on any atom is -0.265 e. The number of nitrogens with zero attached hydrogens (tertiary/aromatic N) is 2. The lowest BCUT2D eigenvalue weighted by Gasteiger charge is -2.07. The molecule has 1 heterocycles. The number of hydrogen-bond donors (Lipinski definition) is 0. The summed E-state index contributed by atoms with van der Waals surface area (Å²) in [6.07, 6.45) is -4.37. The van der Waals surface area contributed by atoms with E-state index < -0.39 is 17.6 Å². The van der Waals surface area contributed by atoms with E-state index in [9.17, 15) is 18.0 Å². The molecule has 0 saturated carbocycles. The van der Waals surface area contributed by atoms with Crippen LogP contribution in [0.25, 0.3) is 5.70 Å². The zero-order valence-electron chi connectivity index (χ0n) is 8.75. The maximum Gasteiger partial charge on any atom is 0.416 e. The van der Waals surface area contributed by atoms with E-state index >= 15 is 0 Å². The van der Waals surface area contributed by atoms with Crippen molar-refractivity contribution in [3.8, 4) is 0 Å². The van der Waals surface area contributed by atoms with Crippen molar-refractivity contribution in [3.63, 3.8) is 0 Å². The largest absolute Gasteiger partial charge is 0.416 e. The lowest BCUT2D eigenvalue weighted by atomic mass is 10.1. The first-order valence-electron chi connectivity index (χ1n) is 4.74. The van der Waals surface area contributed by atoms with Crippen molar-refractivity contribution >= 4 is 11.6 Å². The van der Waals surface area contributed by atoms with E-state index in [1.165, 1.54) is 19.1 Å². The van der Waals surface area contributed by atoms with Crippen LogP contribution in [0.2, 0.25) is 0 Å². The number of carbonyl (C=O) groups is 1. The van der Waals surface area contributed by atoms with Crippen LogP contribution < -0.4 is 0 Å². The van der Waals surface area contributed by atoms with Crippen molar-refractivity contribution in [2.45, 2.75) is 13.1 Å². The molecule has 3 nitrogen and oxygen atoms in total. The number of benzene rings is 1. The normalized spacial score (nSPS) is 15.9. The molecular weight excluding hydrogens is 233 g/mol. The van der Waals surface area contributed by atoms with E-state index in [0.29, 0.717) is 16.8 Å². The summed E-state index contributed by atoms with van der Waals surface area (Å²) in [4.78, 5) is 11.1. The van der Waals surface area contributed by atoms with Crippen LogP contribution in [0, 0.1) is 0 Å². The van der Waals surface area contributed by atoms with Crippen LogP contribution in [0.15, 0.2) is 40.1 Å². The summed E-state index contributed by atoms with van der Waals surface area (Å²) in [5, 5.41) is 6.97. The zero-order chi connectivity index (χ0) is 12.6. The van der Waals surface area contributed by atoms with Crippen molar-refractivity contribution in [2.75, 3.05) is 0 Å². The predicted octanol–water partition coefficient (Wildman–Crippen LogP) is 3.43. The van der Waals surface area contributed by atoms with Gasteiger partial charge in [-0.15, -0.1) is 10.2 Å². The second kappa shape index (κ2) is 3.80. The van der Waals surface area contributed by atoms with Crippen molar-refractivity contribution < 1.29 is 18.0 Å². The third kappa shape index (κ3) is 2.11. The molecule has 0 saturated heterocycles. The molecule has 17 heavy (non-hydrogen) atoms. The summed E-state index contributed by atoms with van der Waals surface area (Å²) in [5.41, 5.74) is 0.374. The maximum absolute atomic E-state index is 12.3. The fourth-order valence-corrected chi connectivity index (χ4v) is 1.44. The second-order valence-electron chi connectivity index (χ2n) is 3.55. The molecule has 0 radical (unpaired) electrons. The molecule has 88 valence electrons. The van der Waals surface area contributed by atoms with E-state index in [2.05, 4.69) is 10.2 Å². The molecule has 0 fully saturated rings. The van der Waals surface area contributed by atoms with Gasteiger partial charge in [-0.3, -0.25) is 4.79 Å². The number of halogens is 3. The Bertz CT molecular complexity index is 527.